The first kappa shape index (κ1) is 10.1. The maximum atomic E-state index is 11.1. The molecule has 4 heteroatoms. The highest BCUT2D eigenvalue weighted by Crippen LogP contribution is 2.14. The van der Waals surface area contributed by atoms with Gasteiger partial charge in [0.2, 0.25) is 0 Å². The summed E-state index contributed by atoms with van der Waals surface area (Å²) >= 11 is 0. The van der Waals surface area contributed by atoms with Gasteiger partial charge < -0.3 is 4.18 Å². The first-order chi connectivity index (χ1) is 6.03. The van der Waals surface area contributed by atoms with E-state index in [0.717, 1.165) is 5.56 Å². The van der Waals surface area contributed by atoms with Crippen LogP contribution in [0.2, 0.25) is 0 Å². The monoisotopic (exact) mass is 200 g/mol. The molecule has 0 spiro atoms. The van der Waals surface area contributed by atoms with Crippen molar-refractivity contribution in [2.45, 2.75) is 13.8 Å². The Morgan fingerprint density at radius 3 is 2.62 bits per heavy atom. The molecule has 3 nitrogen and oxygen atoms in total. The predicted octanol–water partition coefficient (Wildman–Crippen LogP) is 1.72. The fraction of sp³-hybridized carbons (Fsp3) is 0.333. The molecule has 0 radical (unpaired) electrons. The molecular formula is C9H12O3S. The molecule has 13 heavy (non-hydrogen) atoms. The summed E-state index contributed by atoms with van der Waals surface area (Å²) in [6.45, 7) is 3.43. The van der Waals surface area contributed by atoms with Crippen molar-refractivity contribution < 1.29 is 12.6 Å². The third-order valence-electron chi connectivity index (χ3n) is 1.57. The first-order valence-electron chi connectivity index (χ1n) is 4.02. The molecule has 1 aromatic carbocycles. The van der Waals surface area contributed by atoms with Crippen LogP contribution in [0.4, 0.5) is 0 Å². The minimum atomic E-state index is -3.39. The summed E-state index contributed by atoms with van der Waals surface area (Å²) in [5.41, 5.74) is 0.976. The van der Waals surface area contributed by atoms with Crippen LogP contribution in [0, 0.1) is 6.92 Å². The lowest BCUT2D eigenvalue weighted by molar-refractivity contribution is 0.487. The number of hydrogen-bond acceptors (Lipinski definition) is 3. The summed E-state index contributed by atoms with van der Waals surface area (Å²) in [5.74, 6) is 0.364. The van der Waals surface area contributed by atoms with Crippen molar-refractivity contribution in [2.75, 3.05) is 5.75 Å². The van der Waals surface area contributed by atoms with Gasteiger partial charge in [0.25, 0.3) is 0 Å². The Hall–Kier alpha value is -1.03. The van der Waals surface area contributed by atoms with Crippen molar-refractivity contribution in [1.82, 2.24) is 0 Å². The Morgan fingerprint density at radius 2 is 2.08 bits per heavy atom. The fourth-order valence-corrected chi connectivity index (χ4v) is 1.39. The standard InChI is InChI=1S/C9H12O3S/c1-3-13(10,11)12-9-6-4-5-8(2)7-9/h4-7H,3H2,1-2H3. The molecular weight excluding hydrogens is 188 g/mol. The summed E-state index contributed by atoms with van der Waals surface area (Å²) < 4.78 is 26.9. The van der Waals surface area contributed by atoms with Crippen molar-refractivity contribution in [3.8, 4) is 5.75 Å². The van der Waals surface area contributed by atoms with Gasteiger partial charge in [-0.3, -0.25) is 0 Å². The zero-order valence-corrected chi connectivity index (χ0v) is 8.47. The Balaban J connectivity index is 2.87. The van der Waals surface area contributed by atoms with Crippen LogP contribution in [0.25, 0.3) is 0 Å². The Labute approximate surface area is 78.5 Å². The van der Waals surface area contributed by atoms with E-state index in [-0.39, 0.29) is 5.75 Å². The van der Waals surface area contributed by atoms with Gasteiger partial charge in [0.1, 0.15) is 5.75 Å². The van der Waals surface area contributed by atoms with E-state index in [2.05, 4.69) is 0 Å². The molecule has 0 saturated heterocycles. The average molecular weight is 200 g/mol. The van der Waals surface area contributed by atoms with Gasteiger partial charge in [-0.1, -0.05) is 12.1 Å². The van der Waals surface area contributed by atoms with Crippen molar-refractivity contribution in [1.29, 1.82) is 0 Å². The van der Waals surface area contributed by atoms with E-state index in [1.54, 1.807) is 25.1 Å². The smallest absolute Gasteiger partial charge is 0.308 e. The van der Waals surface area contributed by atoms with Crippen LogP contribution in [0.3, 0.4) is 0 Å². The lowest BCUT2D eigenvalue weighted by Gasteiger charge is -2.04. The van der Waals surface area contributed by atoms with Crippen LogP contribution in [0.15, 0.2) is 24.3 Å². The van der Waals surface area contributed by atoms with Crippen molar-refractivity contribution in [3.63, 3.8) is 0 Å². The zero-order chi connectivity index (χ0) is 9.90. The molecule has 0 aliphatic heterocycles. The molecule has 0 N–H and O–H groups in total. The Morgan fingerprint density at radius 1 is 1.38 bits per heavy atom. The highest BCUT2D eigenvalue weighted by molar-refractivity contribution is 7.87. The highest BCUT2D eigenvalue weighted by atomic mass is 32.2. The van der Waals surface area contributed by atoms with Gasteiger partial charge in [-0.15, -0.1) is 0 Å². The molecule has 0 unspecified atom stereocenters. The molecule has 72 valence electrons. The summed E-state index contributed by atoms with van der Waals surface area (Å²) in [7, 11) is -3.39. The second-order valence-electron chi connectivity index (χ2n) is 2.75. The minimum Gasteiger partial charge on any atom is -0.382 e. The van der Waals surface area contributed by atoms with Crippen LogP contribution < -0.4 is 4.18 Å². The number of aryl methyl sites for hydroxylation is 1. The molecule has 1 rings (SSSR count). The number of hydrogen-bond donors (Lipinski definition) is 0. The lowest BCUT2D eigenvalue weighted by atomic mass is 10.2. The van der Waals surface area contributed by atoms with Gasteiger partial charge in [-0.25, -0.2) is 0 Å². The van der Waals surface area contributed by atoms with Gasteiger partial charge in [0.15, 0.2) is 0 Å². The lowest BCUT2D eigenvalue weighted by Crippen LogP contribution is -2.11. The molecule has 0 aliphatic carbocycles. The van der Waals surface area contributed by atoms with Gasteiger partial charge in [0.05, 0.1) is 5.75 Å². The Bertz CT molecular complexity index is 382. The van der Waals surface area contributed by atoms with Crippen LogP contribution in [0.5, 0.6) is 5.75 Å². The van der Waals surface area contributed by atoms with Crippen molar-refractivity contribution in [2.24, 2.45) is 0 Å². The third-order valence-corrected chi connectivity index (χ3v) is 2.72. The largest absolute Gasteiger partial charge is 0.382 e. The second kappa shape index (κ2) is 3.79. The molecule has 0 saturated carbocycles. The van der Waals surface area contributed by atoms with E-state index in [1.807, 2.05) is 13.0 Å². The summed E-state index contributed by atoms with van der Waals surface area (Å²) in [5, 5.41) is 0. The number of benzene rings is 1. The molecule has 0 heterocycles. The van der Waals surface area contributed by atoms with E-state index in [0.29, 0.717) is 5.75 Å². The van der Waals surface area contributed by atoms with Crippen LogP contribution >= 0.6 is 0 Å². The molecule has 0 fully saturated rings. The van der Waals surface area contributed by atoms with Gasteiger partial charge >= 0.3 is 10.1 Å². The summed E-state index contributed by atoms with van der Waals surface area (Å²) in [4.78, 5) is 0. The maximum absolute atomic E-state index is 11.1. The quantitative estimate of drug-likeness (QED) is 0.698. The highest BCUT2D eigenvalue weighted by Gasteiger charge is 2.08. The van der Waals surface area contributed by atoms with Crippen molar-refractivity contribution >= 4 is 10.1 Å². The second-order valence-corrected chi connectivity index (χ2v) is 4.61. The molecule has 0 aliphatic rings. The van der Waals surface area contributed by atoms with Gasteiger partial charge in [-0.2, -0.15) is 8.42 Å². The van der Waals surface area contributed by atoms with Crippen LogP contribution in [-0.4, -0.2) is 14.2 Å². The number of rotatable bonds is 3. The summed E-state index contributed by atoms with van der Waals surface area (Å²) in [6.07, 6.45) is 0. The van der Waals surface area contributed by atoms with Gasteiger partial charge in [-0.05, 0) is 31.5 Å². The molecule has 0 amide bonds. The molecule has 0 atom stereocenters. The van der Waals surface area contributed by atoms with Gasteiger partial charge in [0, 0.05) is 0 Å². The average Bonchev–Trinajstić information content (AvgIpc) is 2.03. The zero-order valence-electron chi connectivity index (χ0n) is 7.65. The van der Waals surface area contributed by atoms with Crippen LogP contribution in [-0.2, 0) is 10.1 Å². The topological polar surface area (TPSA) is 43.4 Å². The van der Waals surface area contributed by atoms with E-state index in [1.165, 1.54) is 0 Å². The first-order valence-corrected chi connectivity index (χ1v) is 5.60. The maximum Gasteiger partial charge on any atom is 0.308 e. The Kier molecular flexibility index (Phi) is 2.93. The SMILES string of the molecule is CCS(=O)(=O)Oc1cccc(C)c1. The van der Waals surface area contributed by atoms with Crippen LogP contribution in [0.1, 0.15) is 12.5 Å². The van der Waals surface area contributed by atoms with E-state index < -0.39 is 10.1 Å². The van der Waals surface area contributed by atoms with E-state index >= 15 is 0 Å². The van der Waals surface area contributed by atoms with Crippen molar-refractivity contribution in [3.05, 3.63) is 29.8 Å². The van der Waals surface area contributed by atoms with E-state index in [9.17, 15) is 8.42 Å². The van der Waals surface area contributed by atoms with E-state index in [4.69, 9.17) is 4.18 Å². The fourth-order valence-electron chi connectivity index (χ4n) is 0.873. The molecule has 0 aromatic heterocycles. The minimum absolute atomic E-state index is 0.0130. The summed E-state index contributed by atoms with van der Waals surface area (Å²) in [6, 6.07) is 6.95. The molecule has 0 bridgehead atoms. The third kappa shape index (κ3) is 3.06. The predicted molar refractivity (Wildman–Crippen MR) is 51.3 cm³/mol. The molecule has 1 aromatic rings. The normalized spacial score (nSPS) is 11.2.